The molecule has 5 nitrogen and oxygen atoms in total. The van der Waals surface area contributed by atoms with Gasteiger partial charge in [-0.3, -0.25) is 0 Å². The van der Waals surface area contributed by atoms with E-state index in [1.165, 1.54) is 19.4 Å². The van der Waals surface area contributed by atoms with Crippen LogP contribution < -0.4 is 10.1 Å². The Bertz CT molecular complexity index is 383. The summed E-state index contributed by atoms with van der Waals surface area (Å²) >= 11 is 0. The lowest BCUT2D eigenvalue weighted by atomic mass is 10.1. The van der Waals surface area contributed by atoms with Crippen LogP contribution in [0.5, 0.6) is 5.88 Å². The third-order valence-electron chi connectivity index (χ3n) is 3.20. The Balaban J connectivity index is 2.07. The first-order valence-electron chi connectivity index (χ1n) is 6.01. The Labute approximate surface area is 102 Å². The lowest BCUT2D eigenvalue weighted by Gasteiger charge is -2.30. The Kier molecular flexibility index (Phi) is 3.78. The number of piperidine rings is 1. The second-order valence-electron chi connectivity index (χ2n) is 4.60. The van der Waals surface area contributed by atoms with Crippen molar-refractivity contribution in [3.63, 3.8) is 0 Å². The van der Waals surface area contributed by atoms with Gasteiger partial charge in [0.2, 0.25) is 5.88 Å². The maximum atomic E-state index is 5.19. The van der Waals surface area contributed by atoms with Gasteiger partial charge in [0, 0.05) is 12.6 Å². The van der Waals surface area contributed by atoms with Gasteiger partial charge in [-0.15, -0.1) is 0 Å². The van der Waals surface area contributed by atoms with E-state index in [1.807, 2.05) is 6.92 Å². The summed E-state index contributed by atoms with van der Waals surface area (Å²) in [6.45, 7) is 4.23. The zero-order valence-corrected chi connectivity index (χ0v) is 10.7. The van der Waals surface area contributed by atoms with Crippen molar-refractivity contribution in [3.05, 3.63) is 11.9 Å². The van der Waals surface area contributed by atoms with Crippen LogP contribution in [0.3, 0.4) is 0 Å². The minimum Gasteiger partial charge on any atom is -0.481 e. The Hall–Kier alpha value is -1.36. The molecule has 1 unspecified atom stereocenters. The van der Waals surface area contributed by atoms with E-state index < -0.39 is 0 Å². The topological polar surface area (TPSA) is 50.3 Å². The van der Waals surface area contributed by atoms with Gasteiger partial charge >= 0.3 is 0 Å². The van der Waals surface area contributed by atoms with E-state index in [1.54, 1.807) is 13.4 Å². The second-order valence-corrected chi connectivity index (χ2v) is 4.60. The molecule has 0 radical (unpaired) electrons. The number of hydrogen-bond acceptors (Lipinski definition) is 5. The van der Waals surface area contributed by atoms with Crippen molar-refractivity contribution in [1.82, 2.24) is 14.9 Å². The number of aromatic nitrogens is 2. The largest absolute Gasteiger partial charge is 0.481 e. The molecule has 0 amide bonds. The minimum absolute atomic E-state index is 0.465. The molecule has 2 heterocycles. The van der Waals surface area contributed by atoms with Gasteiger partial charge < -0.3 is 15.0 Å². The number of nitrogens with zero attached hydrogens (tertiary/aromatic N) is 3. The monoisotopic (exact) mass is 236 g/mol. The van der Waals surface area contributed by atoms with E-state index >= 15 is 0 Å². The van der Waals surface area contributed by atoms with Crippen molar-refractivity contribution in [3.8, 4) is 5.88 Å². The van der Waals surface area contributed by atoms with Crippen molar-refractivity contribution >= 4 is 5.82 Å². The summed E-state index contributed by atoms with van der Waals surface area (Å²) in [5, 5.41) is 3.48. The van der Waals surface area contributed by atoms with Crippen LogP contribution in [0.25, 0.3) is 0 Å². The number of ether oxygens (including phenoxy) is 1. The second kappa shape index (κ2) is 5.31. The highest BCUT2D eigenvalue weighted by Gasteiger charge is 2.18. The Morgan fingerprint density at radius 1 is 1.47 bits per heavy atom. The molecule has 1 aromatic rings. The smallest absolute Gasteiger partial charge is 0.221 e. The highest BCUT2D eigenvalue weighted by molar-refractivity contribution is 5.48. The number of anilines is 1. The fourth-order valence-electron chi connectivity index (χ4n) is 2.26. The number of hydrogen-bond donors (Lipinski definition) is 1. The molecule has 17 heavy (non-hydrogen) atoms. The van der Waals surface area contributed by atoms with Gasteiger partial charge in [-0.05, 0) is 33.4 Å². The molecule has 1 N–H and O–H groups in total. The van der Waals surface area contributed by atoms with Gasteiger partial charge in [-0.1, -0.05) is 0 Å². The summed E-state index contributed by atoms with van der Waals surface area (Å²) in [4.78, 5) is 10.7. The lowest BCUT2D eigenvalue weighted by molar-refractivity contribution is 0.260. The molecule has 0 aromatic carbocycles. The van der Waals surface area contributed by atoms with Crippen molar-refractivity contribution < 1.29 is 4.74 Å². The standard InChI is InChI=1S/C12H20N4O/c1-9-11(13-8-14-12(9)17-3)15-10-5-4-6-16(2)7-10/h8,10H,4-7H2,1-3H3,(H,13,14,15). The number of methoxy groups -OCH3 is 1. The normalized spacial score (nSPS) is 21.2. The highest BCUT2D eigenvalue weighted by Crippen LogP contribution is 2.22. The van der Waals surface area contributed by atoms with Gasteiger partial charge in [-0.2, -0.15) is 0 Å². The molecular weight excluding hydrogens is 216 g/mol. The van der Waals surface area contributed by atoms with Crippen LogP contribution in [-0.4, -0.2) is 48.2 Å². The van der Waals surface area contributed by atoms with Crippen molar-refractivity contribution in [1.29, 1.82) is 0 Å². The molecule has 0 aliphatic carbocycles. The third kappa shape index (κ3) is 2.85. The van der Waals surface area contributed by atoms with Gasteiger partial charge in [-0.25, -0.2) is 9.97 Å². The van der Waals surface area contributed by atoms with E-state index in [0.717, 1.165) is 17.9 Å². The summed E-state index contributed by atoms with van der Waals surface area (Å²) in [7, 11) is 3.79. The summed E-state index contributed by atoms with van der Waals surface area (Å²) in [6, 6.07) is 0.465. The number of likely N-dealkylation sites (tertiary alicyclic amines) is 1. The van der Waals surface area contributed by atoms with Gasteiger partial charge in [0.25, 0.3) is 0 Å². The molecule has 1 atom stereocenters. The van der Waals surface area contributed by atoms with Crippen LogP contribution in [0, 0.1) is 6.92 Å². The number of rotatable bonds is 3. The molecule has 1 aliphatic rings. The fraction of sp³-hybridized carbons (Fsp3) is 0.667. The van der Waals surface area contributed by atoms with E-state index in [-0.39, 0.29) is 0 Å². The molecule has 0 bridgehead atoms. The van der Waals surface area contributed by atoms with Crippen molar-refractivity contribution in [2.45, 2.75) is 25.8 Å². The first-order valence-corrected chi connectivity index (χ1v) is 6.01. The average molecular weight is 236 g/mol. The molecule has 0 saturated carbocycles. The summed E-state index contributed by atoms with van der Waals surface area (Å²) in [6.07, 6.45) is 3.96. The van der Waals surface area contributed by atoms with E-state index in [4.69, 9.17) is 4.74 Å². The van der Waals surface area contributed by atoms with Crippen molar-refractivity contribution in [2.24, 2.45) is 0 Å². The van der Waals surface area contributed by atoms with Gasteiger partial charge in [0.1, 0.15) is 12.1 Å². The summed E-state index contributed by atoms with van der Waals surface area (Å²) in [5.74, 6) is 1.53. The molecule has 1 aliphatic heterocycles. The summed E-state index contributed by atoms with van der Waals surface area (Å²) < 4.78 is 5.19. The number of nitrogens with one attached hydrogen (secondary N) is 1. The summed E-state index contributed by atoms with van der Waals surface area (Å²) in [5.41, 5.74) is 0.975. The first-order chi connectivity index (χ1) is 8.20. The van der Waals surface area contributed by atoms with E-state index in [9.17, 15) is 0 Å². The van der Waals surface area contributed by atoms with Gasteiger partial charge in [0.05, 0.1) is 12.7 Å². The molecule has 2 rings (SSSR count). The predicted octanol–water partition coefficient (Wildman–Crippen LogP) is 1.30. The molecule has 1 saturated heterocycles. The quantitative estimate of drug-likeness (QED) is 0.857. The zero-order valence-electron chi connectivity index (χ0n) is 10.7. The Morgan fingerprint density at radius 2 is 2.29 bits per heavy atom. The molecular formula is C12H20N4O. The molecule has 0 spiro atoms. The van der Waals surface area contributed by atoms with Crippen LogP contribution in [0.15, 0.2) is 6.33 Å². The maximum Gasteiger partial charge on any atom is 0.221 e. The molecule has 5 heteroatoms. The Morgan fingerprint density at radius 3 is 3.00 bits per heavy atom. The predicted molar refractivity (Wildman–Crippen MR) is 67.5 cm³/mol. The maximum absolute atomic E-state index is 5.19. The minimum atomic E-state index is 0.465. The van der Waals surface area contributed by atoms with Crippen LogP contribution in [-0.2, 0) is 0 Å². The lowest BCUT2D eigenvalue weighted by Crippen LogP contribution is -2.40. The fourth-order valence-corrected chi connectivity index (χ4v) is 2.26. The van der Waals surface area contributed by atoms with Crippen LogP contribution in [0.4, 0.5) is 5.82 Å². The average Bonchev–Trinajstić information content (AvgIpc) is 2.32. The SMILES string of the molecule is COc1ncnc(NC2CCCN(C)C2)c1C. The van der Waals surface area contributed by atoms with Crippen LogP contribution in [0.1, 0.15) is 18.4 Å². The highest BCUT2D eigenvalue weighted by atomic mass is 16.5. The number of likely N-dealkylation sites (N-methyl/N-ethyl adjacent to an activating group) is 1. The first kappa shape index (κ1) is 12.1. The van der Waals surface area contributed by atoms with Gasteiger partial charge in [0.15, 0.2) is 0 Å². The van der Waals surface area contributed by atoms with E-state index in [0.29, 0.717) is 11.9 Å². The van der Waals surface area contributed by atoms with Crippen molar-refractivity contribution in [2.75, 3.05) is 32.6 Å². The molecule has 94 valence electrons. The third-order valence-corrected chi connectivity index (χ3v) is 3.20. The van der Waals surface area contributed by atoms with Crippen LogP contribution >= 0.6 is 0 Å². The molecule has 1 fully saturated rings. The molecule has 1 aromatic heterocycles. The van der Waals surface area contributed by atoms with E-state index in [2.05, 4.69) is 27.2 Å². The van der Waals surface area contributed by atoms with Crippen LogP contribution in [0.2, 0.25) is 0 Å². The zero-order chi connectivity index (χ0) is 12.3.